The maximum atomic E-state index is 5.47. The number of aromatic nitrogens is 3. The number of nitrogens with one attached hydrogen (secondary N) is 1. The van der Waals surface area contributed by atoms with Crippen LogP contribution in [0.4, 0.5) is 0 Å². The highest BCUT2D eigenvalue weighted by Gasteiger charge is 2.39. The first kappa shape index (κ1) is 11.8. The fourth-order valence-corrected chi connectivity index (χ4v) is 3.11. The Kier molecular flexibility index (Phi) is 3.13. The Hall–Kier alpha value is -1.27. The lowest BCUT2D eigenvalue weighted by atomic mass is 9.92. The highest BCUT2D eigenvalue weighted by molar-refractivity contribution is 7.07. The lowest BCUT2D eigenvalue weighted by Gasteiger charge is -2.24. The van der Waals surface area contributed by atoms with Crippen LogP contribution in [0.2, 0.25) is 0 Å². The number of rotatable bonds is 4. The quantitative estimate of drug-likeness (QED) is 0.919. The Morgan fingerprint density at radius 3 is 3.17 bits per heavy atom. The molecule has 3 heterocycles. The summed E-state index contributed by atoms with van der Waals surface area (Å²) in [6, 6.07) is 0. The monoisotopic (exact) mass is 264 g/mol. The summed E-state index contributed by atoms with van der Waals surface area (Å²) >= 11 is 1.54. The molecule has 0 radical (unpaired) electrons. The van der Waals surface area contributed by atoms with E-state index in [1.165, 1.54) is 11.3 Å². The van der Waals surface area contributed by atoms with E-state index >= 15 is 0 Å². The van der Waals surface area contributed by atoms with Crippen molar-refractivity contribution in [2.75, 3.05) is 6.54 Å². The van der Waals surface area contributed by atoms with Gasteiger partial charge in [-0.25, -0.2) is 4.98 Å². The first-order valence-electron chi connectivity index (χ1n) is 6.32. The van der Waals surface area contributed by atoms with E-state index in [1.807, 2.05) is 5.38 Å². The van der Waals surface area contributed by atoms with Crippen molar-refractivity contribution in [2.45, 2.75) is 38.1 Å². The molecule has 2 aromatic heterocycles. The molecule has 1 fully saturated rings. The first-order valence-corrected chi connectivity index (χ1v) is 7.26. The maximum absolute atomic E-state index is 5.47. The topological polar surface area (TPSA) is 63.8 Å². The fraction of sp³-hybridized carbons (Fsp3) is 0.583. The molecule has 1 N–H and O–H groups in total. The molecule has 0 aliphatic carbocycles. The second kappa shape index (κ2) is 4.78. The summed E-state index contributed by atoms with van der Waals surface area (Å²) in [7, 11) is 0. The molecule has 0 spiro atoms. The van der Waals surface area contributed by atoms with Crippen LogP contribution in [0.1, 0.15) is 38.5 Å². The summed E-state index contributed by atoms with van der Waals surface area (Å²) < 4.78 is 5.47. The Morgan fingerprint density at radius 1 is 1.56 bits per heavy atom. The zero-order chi connectivity index (χ0) is 12.4. The molecular weight excluding hydrogens is 248 g/mol. The Labute approximate surface area is 110 Å². The fourth-order valence-electron chi connectivity index (χ4n) is 2.58. The van der Waals surface area contributed by atoms with Gasteiger partial charge >= 0.3 is 0 Å². The molecule has 3 rings (SSSR count). The van der Waals surface area contributed by atoms with Crippen LogP contribution in [-0.2, 0) is 5.54 Å². The summed E-state index contributed by atoms with van der Waals surface area (Å²) in [5, 5.41) is 9.51. The van der Waals surface area contributed by atoms with E-state index in [-0.39, 0.29) is 5.54 Å². The lowest BCUT2D eigenvalue weighted by Crippen LogP contribution is -2.36. The van der Waals surface area contributed by atoms with E-state index in [2.05, 4.69) is 27.4 Å². The molecule has 1 aliphatic rings. The van der Waals surface area contributed by atoms with Gasteiger partial charge in [-0.2, -0.15) is 4.98 Å². The molecule has 1 atom stereocenters. The molecular formula is C12H16N4OS. The van der Waals surface area contributed by atoms with E-state index in [4.69, 9.17) is 4.52 Å². The van der Waals surface area contributed by atoms with Gasteiger partial charge in [0.25, 0.3) is 0 Å². The minimum Gasteiger partial charge on any atom is -0.337 e. The number of hydrogen-bond donors (Lipinski definition) is 1. The molecule has 18 heavy (non-hydrogen) atoms. The van der Waals surface area contributed by atoms with Crippen molar-refractivity contribution in [3.8, 4) is 11.5 Å². The van der Waals surface area contributed by atoms with Gasteiger partial charge in [-0.15, -0.1) is 11.3 Å². The summed E-state index contributed by atoms with van der Waals surface area (Å²) in [6.07, 6.45) is 4.36. The van der Waals surface area contributed by atoms with Crippen LogP contribution < -0.4 is 5.32 Å². The van der Waals surface area contributed by atoms with Gasteiger partial charge in [0.05, 0.1) is 11.0 Å². The van der Waals surface area contributed by atoms with Crippen molar-refractivity contribution in [1.29, 1.82) is 0 Å². The third kappa shape index (κ3) is 1.95. The Balaban J connectivity index is 1.92. The zero-order valence-electron chi connectivity index (χ0n) is 10.3. The Morgan fingerprint density at radius 2 is 2.50 bits per heavy atom. The van der Waals surface area contributed by atoms with Crippen molar-refractivity contribution >= 4 is 11.3 Å². The van der Waals surface area contributed by atoms with E-state index in [1.54, 1.807) is 5.51 Å². The second-order valence-electron chi connectivity index (χ2n) is 4.66. The average molecular weight is 264 g/mol. The SMILES string of the molecule is CCCC1(c2nc(-c3cscn3)no2)CCCN1. The van der Waals surface area contributed by atoms with Crippen molar-refractivity contribution in [3.05, 3.63) is 16.8 Å². The minimum absolute atomic E-state index is 0.115. The van der Waals surface area contributed by atoms with Crippen LogP contribution in [0.25, 0.3) is 11.5 Å². The van der Waals surface area contributed by atoms with Crippen LogP contribution >= 0.6 is 11.3 Å². The number of thiazole rings is 1. The standard InChI is InChI=1S/C12H16N4OS/c1-2-4-12(5-3-6-14-12)11-15-10(16-17-11)9-7-18-8-13-9/h7-8,14H,2-6H2,1H3. The zero-order valence-corrected chi connectivity index (χ0v) is 11.2. The summed E-state index contributed by atoms with van der Waals surface area (Å²) in [5.74, 6) is 1.31. The summed E-state index contributed by atoms with van der Waals surface area (Å²) in [5.41, 5.74) is 2.46. The molecule has 5 nitrogen and oxygen atoms in total. The van der Waals surface area contributed by atoms with E-state index in [0.29, 0.717) is 11.7 Å². The molecule has 1 saturated heterocycles. The van der Waals surface area contributed by atoms with Gasteiger partial charge in [0.15, 0.2) is 0 Å². The van der Waals surface area contributed by atoms with E-state index in [9.17, 15) is 0 Å². The number of nitrogens with zero attached hydrogens (tertiary/aromatic N) is 3. The predicted octanol–water partition coefficient (Wildman–Crippen LogP) is 2.57. The van der Waals surface area contributed by atoms with Crippen molar-refractivity contribution in [1.82, 2.24) is 20.4 Å². The number of hydrogen-bond acceptors (Lipinski definition) is 6. The molecule has 0 bridgehead atoms. The second-order valence-corrected chi connectivity index (χ2v) is 5.38. The van der Waals surface area contributed by atoms with Crippen LogP contribution in [0.3, 0.4) is 0 Å². The molecule has 0 amide bonds. The first-order chi connectivity index (χ1) is 8.84. The Bertz CT molecular complexity index is 502. The van der Waals surface area contributed by atoms with E-state index in [0.717, 1.165) is 37.9 Å². The van der Waals surface area contributed by atoms with Crippen molar-refractivity contribution < 1.29 is 4.52 Å². The summed E-state index contributed by atoms with van der Waals surface area (Å²) in [4.78, 5) is 8.74. The third-order valence-electron chi connectivity index (χ3n) is 3.42. The van der Waals surface area contributed by atoms with Gasteiger partial charge < -0.3 is 9.84 Å². The summed E-state index contributed by atoms with van der Waals surface area (Å²) in [6.45, 7) is 3.20. The molecule has 2 aromatic rings. The van der Waals surface area contributed by atoms with Gasteiger partial charge in [0.1, 0.15) is 5.69 Å². The smallest absolute Gasteiger partial charge is 0.247 e. The van der Waals surface area contributed by atoms with Gasteiger partial charge in [0, 0.05) is 5.38 Å². The molecule has 0 aromatic carbocycles. The van der Waals surface area contributed by atoms with Gasteiger partial charge in [-0.1, -0.05) is 18.5 Å². The molecule has 0 saturated carbocycles. The molecule has 96 valence electrons. The van der Waals surface area contributed by atoms with Crippen LogP contribution in [0.15, 0.2) is 15.4 Å². The van der Waals surface area contributed by atoms with Gasteiger partial charge in [0.2, 0.25) is 11.7 Å². The molecule has 6 heteroatoms. The van der Waals surface area contributed by atoms with E-state index < -0.39 is 0 Å². The lowest BCUT2D eigenvalue weighted by molar-refractivity contribution is 0.241. The van der Waals surface area contributed by atoms with Crippen molar-refractivity contribution in [3.63, 3.8) is 0 Å². The third-order valence-corrected chi connectivity index (χ3v) is 4.00. The van der Waals surface area contributed by atoms with Crippen LogP contribution in [0.5, 0.6) is 0 Å². The molecule has 1 aliphatic heterocycles. The minimum atomic E-state index is -0.115. The highest BCUT2D eigenvalue weighted by atomic mass is 32.1. The van der Waals surface area contributed by atoms with Crippen molar-refractivity contribution in [2.24, 2.45) is 0 Å². The largest absolute Gasteiger partial charge is 0.337 e. The van der Waals surface area contributed by atoms with Gasteiger partial charge in [-0.3, -0.25) is 0 Å². The molecule has 1 unspecified atom stereocenters. The predicted molar refractivity (Wildman–Crippen MR) is 69.2 cm³/mol. The van der Waals surface area contributed by atoms with Gasteiger partial charge in [-0.05, 0) is 25.8 Å². The van der Waals surface area contributed by atoms with Crippen LogP contribution in [0, 0.1) is 0 Å². The normalized spacial score (nSPS) is 23.6. The van der Waals surface area contributed by atoms with Crippen LogP contribution in [-0.4, -0.2) is 21.7 Å². The average Bonchev–Trinajstić information content (AvgIpc) is 3.11. The maximum Gasteiger partial charge on any atom is 0.247 e. The highest BCUT2D eigenvalue weighted by Crippen LogP contribution is 2.35.